The van der Waals surface area contributed by atoms with Crippen molar-refractivity contribution in [2.75, 3.05) is 0 Å². The predicted octanol–water partition coefficient (Wildman–Crippen LogP) is 2.92. The molecule has 1 N–H and O–H groups in total. The summed E-state index contributed by atoms with van der Waals surface area (Å²) in [5.41, 5.74) is 1.18. The molecule has 0 spiro atoms. The van der Waals surface area contributed by atoms with Crippen LogP contribution in [0.3, 0.4) is 0 Å². The summed E-state index contributed by atoms with van der Waals surface area (Å²) >= 11 is 0. The lowest BCUT2D eigenvalue weighted by Gasteiger charge is -2.03. The number of hydrogen-bond acceptors (Lipinski definition) is 4. The summed E-state index contributed by atoms with van der Waals surface area (Å²) < 4.78 is 18.7. The summed E-state index contributed by atoms with van der Waals surface area (Å²) in [6, 6.07) is 15.8. The predicted molar refractivity (Wildman–Crippen MR) is 85.7 cm³/mol. The van der Waals surface area contributed by atoms with Crippen LogP contribution in [0, 0.1) is 5.82 Å². The highest BCUT2D eigenvalue weighted by Crippen LogP contribution is 2.08. The van der Waals surface area contributed by atoms with Crippen LogP contribution in [-0.2, 0) is 19.4 Å². The zero-order valence-corrected chi connectivity index (χ0v) is 12.9. The zero-order valence-electron chi connectivity index (χ0n) is 12.9. The van der Waals surface area contributed by atoms with Gasteiger partial charge in [-0.2, -0.15) is 4.98 Å². The monoisotopic (exact) mass is 325 g/mol. The molecule has 1 heterocycles. The van der Waals surface area contributed by atoms with E-state index in [2.05, 4.69) is 15.5 Å². The number of rotatable bonds is 6. The largest absolute Gasteiger partial charge is 0.345 e. The summed E-state index contributed by atoms with van der Waals surface area (Å²) in [5.74, 6) is -0.202. The van der Waals surface area contributed by atoms with Gasteiger partial charge in [-0.3, -0.25) is 4.79 Å². The van der Waals surface area contributed by atoms with Crippen molar-refractivity contribution in [1.82, 2.24) is 15.5 Å². The minimum atomic E-state index is -0.563. The third-order valence-electron chi connectivity index (χ3n) is 3.51. The van der Waals surface area contributed by atoms with Crippen molar-refractivity contribution in [3.05, 3.63) is 83.3 Å². The second-order valence-corrected chi connectivity index (χ2v) is 5.25. The van der Waals surface area contributed by atoms with Crippen LogP contribution < -0.4 is 5.32 Å². The van der Waals surface area contributed by atoms with E-state index >= 15 is 0 Å². The van der Waals surface area contributed by atoms with Crippen LogP contribution in [0.25, 0.3) is 0 Å². The third kappa shape index (κ3) is 4.04. The lowest BCUT2D eigenvalue weighted by molar-refractivity contribution is 0.0945. The molecule has 0 fully saturated rings. The van der Waals surface area contributed by atoms with E-state index in [-0.39, 0.29) is 12.1 Å². The van der Waals surface area contributed by atoms with Gasteiger partial charge >= 0.3 is 0 Å². The molecule has 0 radical (unpaired) electrons. The van der Waals surface area contributed by atoms with E-state index in [1.165, 1.54) is 23.8 Å². The Hall–Kier alpha value is -3.02. The Morgan fingerprint density at radius 3 is 2.58 bits per heavy atom. The Morgan fingerprint density at radius 1 is 1.04 bits per heavy atom. The van der Waals surface area contributed by atoms with Crippen molar-refractivity contribution in [1.29, 1.82) is 0 Å². The molecule has 6 heteroatoms. The number of carbonyl (C=O) groups is 1. The molecule has 0 atom stereocenters. The van der Waals surface area contributed by atoms with Crippen molar-refractivity contribution < 1.29 is 13.7 Å². The fourth-order valence-electron chi connectivity index (χ4n) is 2.26. The topological polar surface area (TPSA) is 68.0 Å². The maximum absolute atomic E-state index is 13.5. The molecule has 0 aliphatic heterocycles. The molecule has 1 amide bonds. The number of hydrogen-bond donors (Lipinski definition) is 1. The van der Waals surface area contributed by atoms with E-state index in [4.69, 9.17) is 4.52 Å². The van der Waals surface area contributed by atoms with Gasteiger partial charge in [0.2, 0.25) is 5.89 Å². The number of nitrogens with one attached hydrogen (secondary N) is 1. The maximum Gasteiger partial charge on any atom is 0.254 e. The lowest BCUT2D eigenvalue weighted by atomic mass is 10.1. The Balaban J connectivity index is 1.53. The molecular weight excluding hydrogens is 309 g/mol. The molecule has 0 aliphatic rings. The lowest BCUT2D eigenvalue weighted by Crippen LogP contribution is -2.24. The van der Waals surface area contributed by atoms with E-state index in [9.17, 15) is 9.18 Å². The molecule has 0 saturated heterocycles. The number of aryl methyl sites for hydroxylation is 2. The van der Waals surface area contributed by atoms with Crippen LogP contribution in [0.1, 0.15) is 27.6 Å². The molecule has 1 aromatic heterocycles. The molecule has 24 heavy (non-hydrogen) atoms. The van der Waals surface area contributed by atoms with Crippen molar-refractivity contribution >= 4 is 5.91 Å². The minimum Gasteiger partial charge on any atom is -0.345 e. The van der Waals surface area contributed by atoms with Gasteiger partial charge in [0.1, 0.15) is 5.82 Å². The smallest absolute Gasteiger partial charge is 0.254 e. The average Bonchev–Trinajstić information content (AvgIpc) is 3.07. The highest BCUT2D eigenvalue weighted by molar-refractivity contribution is 5.94. The second kappa shape index (κ2) is 7.50. The second-order valence-electron chi connectivity index (χ2n) is 5.25. The molecule has 2 aromatic carbocycles. The molecule has 122 valence electrons. The average molecular weight is 325 g/mol. The standard InChI is InChI=1S/C18H16FN3O2/c19-15-9-5-4-8-14(15)18(23)20-12-16-21-17(24-22-16)11-10-13-6-2-1-3-7-13/h1-9H,10-12H2,(H,20,23). The van der Waals surface area contributed by atoms with Crippen LogP contribution in [-0.4, -0.2) is 16.0 Å². The molecule has 3 aromatic rings. The molecule has 5 nitrogen and oxygen atoms in total. The first-order valence-electron chi connectivity index (χ1n) is 7.60. The van der Waals surface area contributed by atoms with Crippen LogP contribution >= 0.6 is 0 Å². The van der Waals surface area contributed by atoms with Gasteiger partial charge in [0, 0.05) is 6.42 Å². The summed E-state index contributed by atoms with van der Waals surface area (Å²) in [6.45, 7) is 0.0853. The Kier molecular flexibility index (Phi) is 4.96. The number of halogens is 1. The van der Waals surface area contributed by atoms with Crippen LogP contribution in [0.4, 0.5) is 4.39 Å². The van der Waals surface area contributed by atoms with Gasteiger partial charge in [-0.1, -0.05) is 47.6 Å². The van der Waals surface area contributed by atoms with Gasteiger partial charge in [-0.15, -0.1) is 0 Å². The van der Waals surface area contributed by atoms with Crippen LogP contribution in [0.15, 0.2) is 59.1 Å². The van der Waals surface area contributed by atoms with Crippen molar-refractivity contribution in [2.45, 2.75) is 19.4 Å². The molecule has 3 rings (SSSR count). The number of amides is 1. The zero-order chi connectivity index (χ0) is 16.8. The molecule has 0 aliphatic carbocycles. The van der Waals surface area contributed by atoms with E-state index in [0.29, 0.717) is 18.1 Å². The van der Waals surface area contributed by atoms with Gasteiger partial charge in [0.25, 0.3) is 5.91 Å². The third-order valence-corrected chi connectivity index (χ3v) is 3.51. The number of nitrogens with zero attached hydrogens (tertiary/aromatic N) is 2. The van der Waals surface area contributed by atoms with E-state index < -0.39 is 11.7 Å². The van der Waals surface area contributed by atoms with Crippen molar-refractivity contribution in [3.63, 3.8) is 0 Å². The number of aromatic nitrogens is 2. The van der Waals surface area contributed by atoms with Gasteiger partial charge in [0.05, 0.1) is 12.1 Å². The summed E-state index contributed by atoms with van der Waals surface area (Å²) in [4.78, 5) is 16.1. The van der Waals surface area contributed by atoms with Gasteiger partial charge in [0.15, 0.2) is 5.82 Å². The van der Waals surface area contributed by atoms with E-state index in [1.807, 2.05) is 30.3 Å². The SMILES string of the molecule is O=C(NCc1noc(CCc2ccccc2)n1)c1ccccc1F. The van der Waals surface area contributed by atoms with Crippen LogP contribution in [0.5, 0.6) is 0 Å². The summed E-state index contributed by atoms with van der Waals surface area (Å²) in [5, 5.41) is 6.40. The quantitative estimate of drug-likeness (QED) is 0.756. The fourth-order valence-corrected chi connectivity index (χ4v) is 2.26. The number of carbonyl (C=O) groups excluding carboxylic acids is 1. The van der Waals surface area contributed by atoms with E-state index in [1.54, 1.807) is 6.07 Å². The number of benzene rings is 2. The Bertz CT molecular complexity index is 818. The maximum atomic E-state index is 13.5. The van der Waals surface area contributed by atoms with Crippen LogP contribution in [0.2, 0.25) is 0 Å². The van der Waals surface area contributed by atoms with E-state index in [0.717, 1.165) is 6.42 Å². The molecule has 0 saturated carbocycles. The Labute approximate surface area is 138 Å². The molecule has 0 bridgehead atoms. The van der Waals surface area contributed by atoms with Gasteiger partial charge < -0.3 is 9.84 Å². The first kappa shape index (κ1) is 15.9. The Morgan fingerprint density at radius 2 is 1.79 bits per heavy atom. The van der Waals surface area contributed by atoms with Gasteiger partial charge in [-0.05, 0) is 24.1 Å². The minimum absolute atomic E-state index is 0.00899. The first-order chi connectivity index (χ1) is 11.7. The van der Waals surface area contributed by atoms with Crippen molar-refractivity contribution in [3.8, 4) is 0 Å². The fraction of sp³-hybridized carbons (Fsp3) is 0.167. The summed E-state index contributed by atoms with van der Waals surface area (Å²) in [7, 11) is 0. The van der Waals surface area contributed by atoms with Gasteiger partial charge in [-0.25, -0.2) is 4.39 Å². The highest BCUT2D eigenvalue weighted by atomic mass is 19.1. The van der Waals surface area contributed by atoms with Crippen molar-refractivity contribution in [2.24, 2.45) is 0 Å². The molecular formula is C18H16FN3O2. The molecule has 0 unspecified atom stereocenters. The summed E-state index contributed by atoms with van der Waals surface area (Å²) in [6.07, 6.45) is 1.42. The highest BCUT2D eigenvalue weighted by Gasteiger charge is 2.12. The first-order valence-corrected chi connectivity index (χ1v) is 7.60. The normalized spacial score (nSPS) is 10.5.